The summed E-state index contributed by atoms with van der Waals surface area (Å²) in [5.74, 6) is 0.751. The smallest absolute Gasteiger partial charge is 0.411 e. The normalized spacial score (nSPS) is 9.92. The molecule has 0 aliphatic heterocycles. The third-order valence-electron chi connectivity index (χ3n) is 3.30. The zero-order valence-electron chi connectivity index (χ0n) is 13.1. The van der Waals surface area contributed by atoms with Crippen LogP contribution in [0.1, 0.15) is 5.56 Å². The number of nitrogens with zero attached hydrogens (tertiary/aromatic N) is 1. The van der Waals surface area contributed by atoms with Crippen LogP contribution in [0.3, 0.4) is 0 Å². The minimum absolute atomic E-state index is 0.294. The molecule has 0 unspecified atom stereocenters. The molecule has 2 aromatic rings. The maximum atomic E-state index is 13.3. The van der Waals surface area contributed by atoms with E-state index in [1.807, 2.05) is 4.90 Å². The molecule has 1 N–H and O–H groups in total. The van der Waals surface area contributed by atoms with Crippen LogP contribution in [0.5, 0.6) is 0 Å². The van der Waals surface area contributed by atoms with Crippen LogP contribution in [-0.2, 0) is 11.3 Å². The minimum atomic E-state index is -0.897. The van der Waals surface area contributed by atoms with Gasteiger partial charge in [0.15, 0.2) is 11.6 Å². The summed E-state index contributed by atoms with van der Waals surface area (Å²) in [4.78, 5) is 13.0. The summed E-state index contributed by atoms with van der Waals surface area (Å²) in [7, 11) is 1.28. The summed E-state index contributed by atoms with van der Waals surface area (Å²) in [6.45, 7) is 0.619. The SMILES string of the molecule is C#CCN(Cc1ccc(F)c(F)c1)c1ccc(NC(=O)OC)cc1. The Hall–Kier alpha value is -3.07. The van der Waals surface area contributed by atoms with Gasteiger partial charge in [0.05, 0.1) is 13.7 Å². The molecule has 0 radical (unpaired) electrons. The lowest BCUT2D eigenvalue weighted by Crippen LogP contribution is -2.23. The number of carbonyl (C=O) groups excluding carboxylic acids is 1. The monoisotopic (exact) mass is 330 g/mol. The van der Waals surface area contributed by atoms with E-state index >= 15 is 0 Å². The summed E-state index contributed by atoms with van der Waals surface area (Å²) >= 11 is 0. The molecule has 0 fully saturated rings. The van der Waals surface area contributed by atoms with Gasteiger partial charge in [0.2, 0.25) is 0 Å². The molecule has 24 heavy (non-hydrogen) atoms. The third-order valence-corrected chi connectivity index (χ3v) is 3.30. The molecule has 6 heteroatoms. The quantitative estimate of drug-likeness (QED) is 0.848. The molecule has 0 saturated carbocycles. The van der Waals surface area contributed by atoms with Crippen molar-refractivity contribution in [1.82, 2.24) is 0 Å². The highest BCUT2D eigenvalue weighted by atomic mass is 19.2. The second-order valence-corrected chi connectivity index (χ2v) is 4.97. The van der Waals surface area contributed by atoms with Gasteiger partial charge in [0.1, 0.15) is 0 Å². The molecule has 2 aromatic carbocycles. The fourth-order valence-corrected chi connectivity index (χ4v) is 2.13. The molecular formula is C18H16F2N2O2. The number of carbonyl (C=O) groups is 1. The molecule has 0 atom stereocenters. The first-order valence-corrected chi connectivity index (χ1v) is 7.11. The number of hydrogen-bond donors (Lipinski definition) is 1. The van der Waals surface area contributed by atoms with Crippen molar-refractivity contribution in [3.8, 4) is 12.3 Å². The number of ether oxygens (including phenoxy) is 1. The zero-order valence-corrected chi connectivity index (χ0v) is 13.1. The van der Waals surface area contributed by atoms with Crippen LogP contribution in [0.2, 0.25) is 0 Å². The summed E-state index contributed by atoms with van der Waals surface area (Å²) in [6.07, 6.45) is 4.82. The van der Waals surface area contributed by atoms with Crippen LogP contribution >= 0.6 is 0 Å². The summed E-state index contributed by atoms with van der Waals surface area (Å²) in [5.41, 5.74) is 1.95. The predicted octanol–water partition coefficient (Wildman–Crippen LogP) is 3.78. The maximum absolute atomic E-state index is 13.3. The van der Waals surface area contributed by atoms with Gasteiger partial charge in [0.25, 0.3) is 0 Å². The fraction of sp³-hybridized carbons (Fsp3) is 0.167. The standard InChI is InChI=1S/C18H16F2N2O2/c1-3-10-22(12-13-4-9-16(19)17(20)11-13)15-7-5-14(6-8-15)21-18(23)24-2/h1,4-9,11H,10,12H2,2H3,(H,21,23). The Bertz CT molecular complexity index is 755. The third kappa shape index (κ3) is 4.46. The van der Waals surface area contributed by atoms with Gasteiger partial charge in [-0.05, 0) is 42.0 Å². The number of amides is 1. The van der Waals surface area contributed by atoms with Crippen LogP contribution in [0.4, 0.5) is 25.0 Å². The summed E-state index contributed by atoms with van der Waals surface area (Å²) in [6, 6.07) is 10.7. The Morgan fingerprint density at radius 2 is 1.92 bits per heavy atom. The van der Waals surface area contributed by atoms with Crippen molar-refractivity contribution in [3.63, 3.8) is 0 Å². The van der Waals surface area contributed by atoms with Gasteiger partial charge in [-0.2, -0.15) is 0 Å². The fourth-order valence-electron chi connectivity index (χ4n) is 2.13. The van der Waals surface area contributed by atoms with Crippen molar-refractivity contribution in [2.45, 2.75) is 6.54 Å². The Balaban J connectivity index is 2.16. The number of nitrogens with one attached hydrogen (secondary N) is 1. The highest BCUT2D eigenvalue weighted by Crippen LogP contribution is 2.21. The van der Waals surface area contributed by atoms with E-state index in [1.165, 1.54) is 13.2 Å². The van der Waals surface area contributed by atoms with Gasteiger partial charge in [-0.15, -0.1) is 6.42 Å². The van der Waals surface area contributed by atoms with Crippen LogP contribution < -0.4 is 10.2 Å². The highest BCUT2D eigenvalue weighted by Gasteiger charge is 2.09. The first kappa shape index (κ1) is 17.3. The molecular weight excluding hydrogens is 314 g/mol. The first-order valence-electron chi connectivity index (χ1n) is 7.11. The Morgan fingerprint density at radius 1 is 1.21 bits per heavy atom. The molecule has 124 valence electrons. The second-order valence-electron chi connectivity index (χ2n) is 4.97. The molecule has 4 nitrogen and oxygen atoms in total. The largest absolute Gasteiger partial charge is 0.453 e. The molecule has 0 aromatic heterocycles. The van der Waals surface area contributed by atoms with Crippen LogP contribution in [0, 0.1) is 24.0 Å². The van der Waals surface area contributed by atoms with Crippen molar-refractivity contribution >= 4 is 17.5 Å². The van der Waals surface area contributed by atoms with Gasteiger partial charge < -0.3 is 9.64 Å². The lowest BCUT2D eigenvalue weighted by molar-refractivity contribution is 0.187. The Kier molecular flexibility index (Phi) is 5.74. The number of anilines is 2. The van der Waals surface area contributed by atoms with Crippen LogP contribution in [0.15, 0.2) is 42.5 Å². The van der Waals surface area contributed by atoms with Crippen molar-refractivity contribution in [2.75, 3.05) is 23.9 Å². The van der Waals surface area contributed by atoms with Gasteiger partial charge in [-0.1, -0.05) is 12.0 Å². The number of methoxy groups -OCH3 is 1. The lowest BCUT2D eigenvalue weighted by Gasteiger charge is -2.23. The highest BCUT2D eigenvalue weighted by molar-refractivity contribution is 5.84. The number of halogens is 2. The van der Waals surface area contributed by atoms with Crippen molar-refractivity contribution in [2.24, 2.45) is 0 Å². The topological polar surface area (TPSA) is 41.6 Å². The summed E-state index contributed by atoms with van der Waals surface area (Å²) in [5, 5.41) is 2.54. The van der Waals surface area contributed by atoms with Crippen molar-refractivity contribution in [1.29, 1.82) is 0 Å². The Morgan fingerprint density at radius 3 is 2.50 bits per heavy atom. The van der Waals surface area contributed by atoms with E-state index in [2.05, 4.69) is 16.0 Å². The van der Waals surface area contributed by atoms with E-state index < -0.39 is 17.7 Å². The summed E-state index contributed by atoms with van der Waals surface area (Å²) < 4.78 is 30.9. The van der Waals surface area contributed by atoms with Crippen molar-refractivity contribution in [3.05, 3.63) is 59.7 Å². The van der Waals surface area contributed by atoms with E-state index in [9.17, 15) is 13.6 Å². The van der Waals surface area contributed by atoms with E-state index in [0.29, 0.717) is 24.3 Å². The second kappa shape index (κ2) is 7.97. The number of terminal acetylenes is 1. The maximum Gasteiger partial charge on any atom is 0.411 e. The molecule has 0 saturated heterocycles. The van der Waals surface area contributed by atoms with Gasteiger partial charge in [-0.25, -0.2) is 13.6 Å². The molecule has 0 bridgehead atoms. The van der Waals surface area contributed by atoms with Crippen molar-refractivity contribution < 1.29 is 18.3 Å². The minimum Gasteiger partial charge on any atom is -0.453 e. The van der Waals surface area contributed by atoms with E-state index in [-0.39, 0.29) is 0 Å². The van der Waals surface area contributed by atoms with Gasteiger partial charge in [0, 0.05) is 17.9 Å². The number of benzene rings is 2. The first-order chi connectivity index (χ1) is 11.5. The lowest BCUT2D eigenvalue weighted by atomic mass is 10.1. The molecule has 0 aliphatic carbocycles. The molecule has 2 rings (SSSR count). The molecule has 1 amide bonds. The molecule has 0 spiro atoms. The van der Waals surface area contributed by atoms with Gasteiger partial charge in [-0.3, -0.25) is 5.32 Å². The predicted molar refractivity (Wildman–Crippen MR) is 88.7 cm³/mol. The van der Waals surface area contributed by atoms with E-state index in [0.717, 1.165) is 17.8 Å². The zero-order chi connectivity index (χ0) is 17.5. The average Bonchev–Trinajstić information content (AvgIpc) is 2.58. The number of hydrogen-bond acceptors (Lipinski definition) is 3. The average molecular weight is 330 g/mol. The van der Waals surface area contributed by atoms with E-state index in [1.54, 1.807) is 24.3 Å². The Labute approximate surface area is 139 Å². The van der Waals surface area contributed by atoms with Gasteiger partial charge >= 0.3 is 6.09 Å². The van der Waals surface area contributed by atoms with Crippen LogP contribution in [-0.4, -0.2) is 19.7 Å². The molecule has 0 heterocycles. The molecule has 0 aliphatic rings. The van der Waals surface area contributed by atoms with Crippen LogP contribution in [0.25, 0.3) is 0 Å². The van der Waals surface area contributed by atoms with E-state index in [4.69, 9.17) is 6.42 Å². The number of rotatable bonds is 5.